The lowest BCUT2D eigenvalue weighted by Crippen LogP contribution is -2.44. The molecule has 0 spiro atoms. The van der Waals surface area contributed by atoms with E-state index in [1.807, 2.05) is 0 Å². The van der Waals surface area contributed by atoms with Crippen LogP contribution in [0, 0.1) is 0 Å². The Labute approximate surface area is 93.8 Å². The summed E-state index contributed by atoms with van der Waals surface area (Å²) < 4.78 is 41.3. The highest BCUT2D eigenvalue weighted by Gasteiger charge is 2.36. The van der Waals surface area contributed by atoms with E-state index < -0.39 is 24.3 Å². The van der Waals surface area contributed by atoms with Crippen molar-refractivity contribution in [1.29, 1.82) is 0 Å². The van der Waals surface area contributed by atoms with Crippen molar-refractivity contribution in [3.63, 3.8) is 0 Å². The van der Waals surface area contributed by atoms with Crippen LogP contribution in [0.5, 0.6) is 0 Å². The molecule has 96 valence electrons. The number of alkyl halides is 3. The number of aliphatic hydroxyl groups is 1. The first kappa shape index (κ1) is 13.8. The van der Waals surface area contributed by atoms with Crippen molar-refractivity contribution < 1.29 is 23.0 Å². The van der Waals surface area contributed by atoms with E-state index in [2.05, 4.69) is 0 Å². The molecule has 1 fully saturated rings. The average molecular weight is 240 g/mol. The smallest absolute Gasteiger partial charge is 0.389 e. The predicted octanol–water partition coefficient (Wildman–Crippen LogP) is 3.04. The first-order valence-corrected chi connectivity index (χ1v) is 5.72. The molecule has 16 heavy (non-hydrogen) atoms. The molecular formula is C11H19F3O2. The van der Waals surface area contributed by atoms with Gasteiger partial charge in [0.25, 0.3) is 0 Å². The van der Waals surface area contributed by atoms with Gasteiger partial charge in [-0.2, -0.15) is 13.2 Å². The Hall–Kier alpha value is -0.290. The Morgan fingerprint density at radius 2 is 2.06 bits per heavy atom. The molecule has 0 aromatic heterocycles. The minimum absolute atomic E-state index is 0.0381. The molecule has 0 saturated carbocycles. The van der Waals surface area contributed by atoms with E-state index in [4.69, 9.17) is 4.74 Å². The van der Waals surface area contributed by atoms with Gasteiger partial charge in [-0.1, -0.05) is 0 Å². The van der Waals surface area contributed by atoms with Gasteiger partial charge in [0.05, 0.1) is 11.7 Å². The second kappa shape index (κ2) is 5.36. The summed E-state index contributed by atoms with van der Waals surface area (Å²) in [6.07, 6.45) is -3.00. The first-order valence-electron chi connectivity index (χ1n) is 5.72. The SMILES string of the molecule is CC1(C(O)CCCC(F)(F)F)CCCCO1. The quantitative estimate of drug-likeness (QED) is 0.818. The molecule has 0 aromatic carbocycles. The van der Waals surface area contributed by atoms with Crippen LogP contribution < -0.4 is 0 Å². The fourth-order valence-electron chi connectivity index (χ4n) is 2.02. The van der Waals surface area contributed by atoms with Gasteiger partial charge in [0.15, 0.2) is 0 Å². The van der Waals surface area contributed by atoms with Crippen molar-refractivity contribution in [2.45, 2.75) is 63.3 Å². The molecule has 0 bridgehead atoms. The highest BCUT2D eigenvalue weighted by molar-refractivity contribution is 4.86. The van der Waals surface area contributed by atoms with Crippen molar-refractivity contribution in [3.05, 3.63) is 0 Å². The van der Waals surface area contributed by atoms with Crippen molar-refractivity contribution >= 4 is 0 Å². The van der Waals surface area contributed by atoms with Crippen molar-refractivity contribution in [3.8, 4) is 0 Å². The highest BCUT2D eigenvalue weighted by atomic mass is 19.4. The lowest BCUT2D eigenvalue weighted by Gasteiger charge is -2.38. The van der Waals surface area contributed by atoms with Gasteiger partial charge in [-0.3, -0.25) is 0 Å². The fourth-order valence-corrected chi connectivity index (χ4v) is 2.02. The van der Waals surface area contributed by atoms with Gasteiger partial charge in [0.2, 0.25) is 0 Å². The van der Waals surface area contributed by atoms with Crippen molar-refractivity contribution in [1.82, 2.24) is 0 Å². The summed E-state index contributed by atoms with van der Waals surface area (Å²) in [5.41, 5.74) is -0.649. The summed E-state index contributed by atoms with van der Waals surface area (Å²) >= 11 is 0. The summed E-state index contributed by atoms with van der Waals surface area (Å²) in [5.74, 6) is 0. The van der Waals surface area contributed by atoms with Crippen LogP contribution in [0.4, 0.5) is 13.2 Å². The van der Waals surface area contributed by atoms with E-state index in [0.717, 1.165) is 19.3 Å². The third kappa shape index (κ3) is 4.29. The lowest BCUT2D eigenvalue weighted by atomic mass is 9.87. The number of rotatable bonds is 4. The van der Waals surface area contributed by atoms with Crippen LogP contribution in [0.1, 0.15) is 45.4 Å². The lowest BCUT2D eigenvalue weighted by molar-refractivity contribution is -0.150. The Bertz CT molecular complexity index is 210. The molecule has 0 aliphatic carbocycles. The number of aliphatic hydroxyl groups excluding tert-OH is 1. The summed E-state index contributed by atoms with van der Waals surface area (Å²) in [6.45, 7) is 2.37. The first-order chi connectivity index (χ1) is 7.33. The van der Waals surface area contributed by atoms with E-state index in [0.29, 0.717) is 6.61 Å². The minimum atomic E-state index is -4.13. The molecule has 0 radical (unpaired) electrons. The molecule has 2 unspecified atom stereocenters. The minimum Gasteiger partial charge on any atom is -0.390 e. The molecule has 1 heterocycles. The van der Waals surface area contributed by atoms with Crippen LogP contribution in [-0.4, -0.2) is 29.6 Å². The van der Waals surface area contributed by atoms with Gasteiger partial charge in [0, 0.05) is 13.0 Å². The van der Waals surface area contributed by atoms with Crippen LogP contribution in [0.2, 0.25) is 0 Å². The van der Waals surface area contributed by atoms with Crippen molar-refractivity contribution in [2.24, 2.45) is 0 Å². The van der Waals surface area contributed by atoms with Crippen molar-refractivity contribution in [2.75, 3.05) is 6.61 Å². The van der Waals surface area contributed by atoms with Gasteiger partial charge in [-0.25, -0.2) is 0 Å². The maximum atomic E-state index is 11.9. The molecule has 1 aliphatic rings. The van der Waals surface area contributed by atoms with E-state index in [1.165, 1.54) is 0 Å². The van der Waals surface area contributed by atoms with Gasteiger partial charge < -0.3 is 9.84 Å². The standard InChI is InChI=1S/C11H19F3O2/c1-10(6-2-3-8-16-10)9(15)5-4-7-11(12,13)14/h9,15H,2-8H2,1H3. The number of hydrogen-bond acceptors (Lipinski definition) is 2. The summed E-state index contributed by atoms with van der Waals surface area (Å²) in [4.78, 5) is 0. The summed E-state index contributed by atoms with van der Waals surface area (Å²) in [7, 11) is 0. The van der Waals surface area contributed by atoms with Gasteiger partial charge in [0.1, 0.15) is 0 Å². The van der Waals surface area contributed by atoms with Crippen LogP contribution >= 0.6 is 0 Å². The maximum absolute atomic E-state index is 11.9. The number of halogens is 3. The van der Waals surface area contributed by atoms with E-state index in [-0.39, 0.29) is 12.8 Å². The van der Waals surface area contributed by atoms with Crippen LogP contribution in [0.3, 0.4) is 0 Å². The molecule has 1 saturated heterocycles. The number of hydrogen-bond donors (Lipinski definition) is 1. The van der Waals surface area contributed by atoms with Gasteiger partial charge >= 0.3 is 6.18 Å². The van der Waals surface area contributed by atoms with E-state index in [1.54, 1.807) is 6.92 Å². The molecular weight excluding hydrogens is 221 g/mol. The van der Waals surface area contributed by atoms with Crippen LogP contribution in [0.25, 0.3) is 0 Å². The Kier molecular flexibility index (Phi) is 4.62. The van der Waals surface area contributed by atoms with Crippen LogP contribution in [0.15, 0.2) is 0 Å². The average Bonchev–Trinajstić information content (AvgIpc) is 2.16. The molecule has 1 rings (SSSR count). The maximum Gasteiger partial charge on any atom is 0.389 e. The molecule has 1 aliphatic heterocycles. The number of ether oxygens (including phenoxy) is 1. The zero-order valence-corrected chi connectivity index (χ0v) is 9.52. The van der Waals surface area contributed by atoms with E-state index >= 15 is 0 Å². The molecule has 2 nitrogen and oxygen atoms in total. The fraction of sp³-hybridized carbons (Fsp3) is 1.00. The zero-order chi connectivity index (χ0) is 12.2. The highest BCUT2D eigenvalue weighted by Crippen LogP contribution is 2.31. The summed E-state index contributed by atoms with van der Waals surface area (Å²) in [6, 6.07) is 0. The normalized spacial score (nSPS) is 29.1. The van der Waals surface area contributed by atoms with Crippen LogP contribution in [-0.2, 0) is 4.74 Å². The predicted molar refractivity (Wildman–Crippen MR) is 54.1 cm³/mol. The molecule has 0 amide bonds. The monoisotopic (exact) mass is 240 g/mol. The third-order valence-electron chi connectivity index (χ3n) is 3.14. The Morgan fingerprint density at radius 1 is 1.38 bits per heavy atom. The Balaban J connectivity index is 2.30. The van der Waals surface area contributed by atoms with Gasteiger partial charge in [-0.15, -0.1) is 0 Å². The van der Waals surface area contributed by atoms with Gasteiger partial charge in [-0.05, 0) is 39.0 Å². The summed E-state index contributed by atoms with van der Waals surface area (Å²) in [5, 5.41) is 9.84. The van der Waals surface area contributed by atoms with E-state index in [9.17, 15) is 18.3 Å². The second-order valence-corrected chi connectivity index (χ2v) is 4.64. The second-order valence-electron chi connectivity index (χ2n) is 4.64. The molecule has 0 aromatic rings. The molecule has 2 atom stereocenters. The molecule has 5 heteroatoms. The topological polar surface area (TPSA) is 29.5 Å². The zero-order valence-electron chi connectivity index (χ0n) is 9.52. The largest absolute Gasteiger partial charge is 0.390 e. The molecule has 1 N–H and O–H groups in total. The third-order valence-corrected chi connectivity index (χ3v) is 3.14. The Morgan fingerprint density at radius 3 is 2.56 bits per heavy atom.